The zero-order valence-corrected chi connectivity index (χ0v) is 11.8. The molecule has 0 unspecified atom stereocenters. The summed E-state index contributed by atoms with van der Waals surface area (Å²) in [5.74, 6) is -0.178. The predicted octanol–water partition coefficient (Wildman–Crippen LogP) is 1.88. The van der Waals surface area contributed by atoms with E-state index in [1.54, 1.807) is 13.8 Å². The van der Waals surface area contributed by atoms with E-state index in [2.05, 4.69) is 25.0 Å². The van der Waals surface area contributed by atoms with E-state index < -0.39 is 18.8 Å². The van der Waals surface area contributed by atoms with Crippen LogP contribution in [-0.2, 0) is 0 Å². The van der Waals surface area contributed by atoms with Crippen LogP contribution in [0, 0.1) is 0 Å². The molecular weight excluding hydrogens is 311 g/mol. The monoisotopic (exact) mass is 321 g/mol. The molecule has 21 heavy (non-hydrogen) atoms. The van der Waals surface area contributed by atoms with Crippen molar-refractivity contribution in [3.63, 3.8) is 0 Å². The van der Waals surface area contributed by atoms with Crippen LogP contribution >= 0.6 is 11.6 Å². The second-order valence-electron chi connectivity index (χ2n) is 4.38. The van der Waals surface area contributed by atoms with Gasteiger partial charge in [0.2, 0.25) is 11.2 Å². The first kappa shape index (κ1) is 15.4. The molecule has 11 heteroatoms. The number of anilines is 1. The molecule has 2 rings (SSSR count). The Morgan fingerprint density at radius 3 is 2.52 bits per heavy atom. The fourth-order valence-electron chi connectivity index (χ4n) is 1.55. The first-order chi connectivity index (χ1) is 9.76. The zero-order valence-electron chi connectivity index (χ0n) is 11.1. The van der Waals surface area contributed by atoms with Gasteiger partial charge in [-0.05, 0) is 25.4 Å². The molecule has 0 N–H and O–H groups in total. The van der Waals surface area contributed by atoms with E-state index >= 15 is 0 Å². The average molecular weight is 322 g/mol. The molecule has 7 nitrogen and oxygen atoms in total. The number of rotatable bonds is 4. The van der Waals surface area contributed by atoms with E-state index in [0.29, 0.717) is 0 Å². The molecule has 0 aromatic carbocycles. The average Bonchev–Trinajstić information content (AvgIpc) is 2.87. The lowest BCUT2D eigenvalue weighted by molar-refractivity contribution is -0.120. The van der Waals surface area contributed by atoms with E-state index in [0.717, 1.165) is 4.90 Å². The van der Waals surface area contributed by atoms with Gasteiger partial charge < -0.3 is 4.90 Å². The molecule has 0 fully saturated rings. The lowest BCUT2D eigenvalue weighted by Gasteiger charge is -2.27. The summed E-state index contributed by atoms with van der Waals surface area (Å²) in [4.78, 5) is 16.2. The third-order valence-electron chi connectivity index (χ3n) is 2.44. The molecular formula is C10H11ClF3N7. The van der Waals surface area contributed by atoms with Crippen molar-refractivity contribution in [2.24, 2.45) is 0 Å². The standard InChI is InChI=1S/C10H11ClF3N7/c1-6(2)20(3-10(12,13)14)8-17-7(11)18-9(19-8)21-5-15-4-16-21/h4-6H,3H2,1-2H3. The van der Waals surface area contributed by atoms with Crippen LogP contribution in [0.25, 0.3) is 5.95 Å². The quantitative estimate of drug-likeness (QED) is 0.856. The molecule has 114 valence electrons. The van der Waals surface area contributed by atoms with Crippen molar-refractivity contribution in [2.75, 3.05) is 11.4 Å². The van der Waals surface area contributed by atoms with Gasteiger partial charge >= 0.3 is 6.18 Å². The normalized spacial score (nSPS) is 12.0. The Bertz CT molecular complexity index is 599. The van der Waals surface area contributed by atoms with Gasteiger partial charge in [0.05, 0.1) is 0 Å². The molecule has 0 saturated carbocycles. The summed E-state index contributed by atoms with van der Waals surface area (Å²) >= 11 is 5.76. The minimum Gasteiger partial charge on any atom is -0.329 e. The van der Waals surface area contributed by atoms with Crippen molar-refractivity contribution >= 4 is 17.5 Å². The highest BCUT2D eigenvalue weighted by molar-refractivity contribution is 6.28. The topological polar surface area (TPSA) is 72.6 Å². The van der Waals surface area contributed by atoms with Gasteiger partial charge in [0.15, 0.2) is 0 Å². The molecule has 0 aliphatic carbocycles. The van der Waals surface area contributed by atoms with Crippen molar-refractivity contribution in [1.29, 1.82) is 0 Å². The van der Waals surface area contributed by atoms with Crippen LogP contribution in [0.5, 0.6) is 0 Å². The predicted molar refractivity (Wildman–Crippen MR) is 68.3 cm³/mol. The Hall–Kier alpha value is -1.97. The van der Waals surface area contributed by atoms with Crippen LogP contribution in [0.2, 0.25) is 5.28 Å². The lowest BCUT2D eigenvalue weighted by Crippen LogP contribution is -2.40. The molecule has 0 atom stereocenters. The largest absolute Gasteiger partial charge is 0.406 e. The van der Waals surface area contributed by atoms with Crippen LogP contribution in [0.15, 0.2) is 12.7 Å². The third-order valence-corrected chi connectivity index (χ3v) is 2.61. The maximum absolute atomic E-state index is 12.7. The summed E-state index contributed by atoms with van der Waals surface area (Å²) < 4.78 is 39.1. The molecule has 0 bridgehead atoms. The Kier molecular flexibility index (Phi) is 4.26. The summed E-state index contributed by atoms with van der Waals surface area (Å²) in [6.45, 7) is 2.00. The molecule has 0 aliphatic heterocycles. The molecule has 0 saturated heterocycles. The van der Waals surface area contributed by atoms with Crippen LogP contribution in [0.3, 0.4) is 0 Å². The Morgan fingerprint density at radius 2 is 2.00 bits per heavy atom. The van der Waals surface area contributed by atoms with Gasteiger partial charge in [-0.25, -0.2) is 4.98 Å². The minimum absolute atomic E-state index is 0.00433. The summed E-state index contributed by atoms with van der Waals surface area (Å²) in [6.07, 6.45) is -1.84. The van der Waals surface area contributed by atoms with E-state index in [1.165, 1.54) is 17.3 Å². The number of halogens is 4. The van der Waals surface area contributed by atoms with Gasteiger partial charge in [0, 0.05) is 6.04 Å². The van der Waals surface area contributed by atoms with Crippen LogP contribution in [0.4, 0.5) is 19.1 Å². The number of alkyl halides is 3. The Morgan fingerprint density at radius 1 is 1.29 bits per heavy atom. The van der Waals surface area contributed by atoms with Crippen molar-refractivity contribution in [3.05, 3.63) is 17.9 Å². The van der Waals surface area contributed by atoms with Gasteiger partial charge in [-0.2, -0.15) is 37.9 Å². The molecule has 2 heterocycles. The summed E-state index contributed by atoms with van der Waals surface area (Å²) in [7, 11) is 0. The van der Waals surface area contributed by atoms with Crippen molar-refractivity contribution < 1.29 is 13.2 Å². The van der Waals surface area contributed by atoms with Crippen molar-refractivity contribution in [2.45, 2.75) is 26.1 Å². The van der Waals surface area contributed by atoms with Crippen molar-refractivity contribution in [3.8, 4) is 5.95 Å². The van der Waals surface area contributed by atoms with Crippen LogP contribution in [0.1, 0.15) is 13.8 Å². The Labute approximate surface area is 122 Å². The fraction of sp³-hybridized carbons (Fsp3) is 0.500. The summed E-state index contributed by atoms with van der Waals surface area (Å²) in [5, 5.41) is 3.58. The Balaban J connectivity index is 2.41. The molecule has 0 aliphatic rings. The molecule has 0 amide bonds. The van der Waals surface area contributed by atoms with E-state index in [4.69, 9.17) is 11.6 Å². The molecule has 0 spiro atoms. The minimum atomic E-state index is -4.39. The van der Waals surface area contributed by atoms with Gasteiger partial charge in [-0.3, -0.25) is 0 Å². The van der Waals surface area contributed by atoms with E-state index in [-0.39, 0.29) is 17.2 Å². The van der Waals surface area contributed by atoms with Gasteiger partial charge in [-0.15, -0.1) is 0 Å². The third kappa shape index (κ3) is 4.00. The number of nitrogens with zero attached hydrogens (tertiary/aromatic N) is 7. The zero-order chi connectivity index (χ0) is 15.6. The highest BCUT2D eigenvalue weighted by Gasteiger charge is 2.33. The number of hydrogen-bond donors (Lipinski definition) is 0. The number of aromatic nitrogens is 6. The van der Waals surface area contributed by atoms with Gasteiger partial charge in [0.25, 0.3) is 5.95 Å². The van der Waals surface area contributed by atoms with Gasteiger partial charge in [-0.1, -0.05) is 0 Å². The SMILES string of the molecule is CC(C)N(CC(F)(F)F)c1nc(Cl)nc(-n2cncn2)n1. The first-order valence-electron chi connectivity index (χ1n) is 5.86. The van der Waals surface area contributed by atoms with E-state index in [1.807, 2.05) is 0 Å². The fourth-order valence-corrected chi connectivity index (χ4v) is 1.70. The summed E-state index contributed by atoms with van der Waals surface area (Å²) in [6, 6.07) is -0.478. The second-order valence-corrected chi connectivity index (χ2v) is 4.72. The van der Waals surface area contributed by atoms with Crippen LogP contribution < -0.4 is 4.90 Å². The highest BCUT2D eigenvalue weighted by Crippen LogP contribution is 2.22. The maximum atomic E-state index is 12.7. The highest BCUT2D eigenvalue weighted by atomic mass is 35.5. The van der Waals surface area contributed by atoms with Crippen LogP contribution in [-0.4, -0.2) is 48.5 Å². The lowest BCUT2D eigenvalue weighted by atomic mass is 10.3. The molecule has 2 aromatic rings. The molecule has 2 aromatic heterocycles. The summed E-state index contributed by atoms with van der Waals surface area (Å²) in [5.41, 5.74) is 0. The molecule has 0 radical (unpaired) electrons. The first-order valence-corrected chi connectivity index (χ1v) is 6.24. The number of hydrogen-bond acceptors (Lipinski definition) is 6. The van der Waals surface area contributed by atoms with Gasteiger partial charge in [0.1, 0.15) is 19.2 Å². The maximum Gasteiger partial charge on any atom is 0.406 e. The van der Waals surface area contributed by atoms with Crippen molar-refractivity contribution in [1.82, 2.24) is 29.7 Å². The second kappa shape index (κ2) is 5.80. The van der Waals surface area contributed by atoms with E-state index in [9.17, 15) is 13.2 Å². The smallest absolute Gasteiger partial charge is 0.329 e.